The maximum Gasteiger partial charge on any atom is 0.429 e. The number of hydrogen-bond donors (Lipinski definition) is 3. The molecule has 0 amide bonds. The van der Waals surface area contributed by atoms with Gasteiger partial charge in [0.05, 0.1) is 11.8 Å². The van der Waals surface area contributed by atoms with E-state index in [1.165, 1.54) is 30.3 Å². The number of rotatable bonds is 9. The Hall–Kier alpha value is -3.86. The number of carboxylic acid groups (broad SMARTS) is 1. The van der Waals surface area contributed by atoms with Crippen LogP contribution in [0.3, 0.4) is 0 Å². The molecular weight excluding hydrogens is 489 g/mol. The molecule has 2 aromatic carbocycles. The molecule has 0 aliphatic heterocycles. The fourth-order valence-corrected chi connectivity index (χ4v) is 4.17. The van der Waals surface area contributed by atoms with Gasteiger partial charge in [-0.05, 0) is 49.8 Å². The lowest BCUT2D eigenvalue weighted by atomic mass is 10.0. The Morgan fingerprint density at radius 2 is 1.70 bits per heavy atom. The quantitative estimate of drug-likeness (QED) is 0.373. The molecule has 4 rings (SSSR count). The molecule has 1 aromatic heterocycles. The van der Waals surface area contributed by atoms with E-state index in [4.69, 9.17) is 26.0 Å². The molecule has 5 N–H and O–H groups in total. The van der Waals surface area contributed by atoms with Crippen LogP contribution >= 0.6 is 0 Å². The number of hydrogen-bond acceptors (Lipinski definition) is 7. The number of nitrogens with zero attached hydrogens (tertiary/aromatic N) is 2. The van der Waals surface area contributed by atoms with Crippen molar-refractivity contribution in [2.75, 3.05) is 5.73 Å². The molecule has 1 aliphatic carbocycles. The molecule has 11 heteroatoms. The lowest BCUT2D eigenvalue weighted by Crippen LogP contribution is -2.32. The van der Waals surface area contributed by atoms with Gasteiger partial charge in [0.25, 0.3) is 0 Å². The number of halogens is 3. The van der Waals surface area contributed by atoms with E-state index in [1.807, 2.05) is 0 Å². The number of carbonyl (C=O) groups is 1. The molecule has 1 fully saturated rings. The Bertz CT molecular complexity index is 1210. The normalized spacial score (nSPS) is 15.8. The smallest absolute Gasteiger partial charge is 0.429 e. The van der Waals surface area contributed by atoms with Crippen molar-refractivity contribution in [1.82, 2.24) is 9.97 Å². The van der Waals surface area contributed by atoms with Gasteiger partial charge in [-0.2, -0.15) is 18.2 Å². The first-order valence-electron chi connectivity index (χ1n) is 11.8. The summed E-state index contributed by atoms with van der Waals surface area (Å²) in [5.74, 6) is -1.21. The van der Waals surface area contributed by atoms with Crippen LogP contribution in [0.5, 0.6) is 11.6 Å². The molecule has 37 heavy (non-hydrogen) atoms. The Balaban J connectivity index is 1.53. The summed E-state index contributed by atoms with van der Waals surface area (Å²) in [7, 11) is 0. The second kappa shape index (κ2) is 11.0. The predicted molar refractivity (Wildman–Crippen MR) is 130 cm³/mol. The van der Waals surface area contributed by atoms with Crippen molar-refractivity contribution >= 4 is 11.9 Å². The van der Waals surface area contributed by atoms with E-state index in [2.05, 4.69) is 9.97 Å². The standard InChI is InChI=1S/C26H27F3N4O4/c27-26(28,29)23(17-9-11-19(12-10-17)36-18-3-1-2-4-18)37-22-14-21(32-25(31)33-22)16-7-5-15(6-8-16)13-20(30)24(34)35/h5-12,14,18,20,23H,1-4,13,30H2,(H,34,35)(H2,31,32,33). The van der Waals surface area contributed by atoms with E-state index in [9.17, 15) is 18.0 Å². The monoisotopic (exact) mass is 516 g/mol. The average Bonchev–Trinajstić information content (AvgIpc) is 3.36. The Morgan fingerprint density at radius 3 is 2.30 bits per heavy atom. The van der Waals surface area contributed by atoms with Crippen LogP contribution in [0.4, 0.5) is 19.1 Å². The zero-order valence-corrected chi connectivity index (χ0v) is 19.8. The number of carboxylic acids is 1. The van der Waals surface area contributed by atoms with Crippen LogP contribution in [0.2, 0.25) is 0 Å². The first-order chi connectivity index (χ1) is 17.6. The molecule has 0 spiro atoms. The molecular formula is C26H27F3N4O4. The molecule has 0 saturated heterocycles. The number of nitrogen functional groups attached to an aromatic ring is 1. The van der Waals surface area contributed by atoms with Crippen molar-refractivity contribution in [3.63, 3.8) is 0 Å². The average molecular weight is 517 g/mol. The predicted octanol–water partition coefficient (Wildman–Crippen LogP) is 4.68. The molecule has 1 saturated carbocycles. The van der Waals surface area contributed by atoms with Crippen molar-refractivity contribution in [2.24, 2.45) is 5.73 Å². The number of alkyl halides is 3. The Kier molecular flexibility index (Phi) is 7.82. The van der Waals surface area contributed by atoms with Crippen molar-refractivity contribution in [1.29, 1.82) is 0 Å². The highest BCUT2D eigenvalue weighted by atomic mass is 19.4. The molecule has 1 aliphatic rings. The summed E-state index contributed by atoms with van der Waals surface area (Å²) in [4.78, 5) is 18.9. The maximum absolute atomic E-state index is 14.0. The van der Waals surface area contributed by atoms with Gasteiger partial charge in [0.15, 0.2) is 0 Å². The summed E-state index contributed by atoms with van der Waals surface area (Å²) in [5, 5.41) is 8.96. The van der Waals surface area contributed by atoms with Gasteiger partial charge < -0.3 is 26.0 Å². The number of aromatic nitrogens is 2. The van der Waals surface area contributed by atoms with Crippen LogP contribution < -0.4 is 20.9 Å². The number of aliphatic carboxylic acids is 1. The van der Waals surface area contributed by atoms with Crippen molar-refractivity contribution in [3.05, 3.63) is 65.7 Å². The number of anilines is 1. The summed E-state index contributed by atoms with van der Waals surface area (Å²) in [5.41, 5.74) is 12.7. The van der Waals surface area contributed by atoms with Crippen molar-refractivity contribution < 1.29 is 32.5 Å². The van der Waals surface area contributed by atoms with E-state index in [-0.39, 0.29) is 35.6 Å². The van der Waals surface area contributed by atoms with Crippen LogP contribution in [-0.4, -0.2) is 39.4 Å². The number of ether oxygens (including phenoxy) is 2. The molecule has 0 radical (unpaired) electrons. The van der Waals surface area contributed by atoms with Gasteiger partial charge >= 0.3 is 12.1 Å². The molecule has 2 atom stereocenters. The van der Waals surface area contributed by atoms with Crippen molar-refractivity contribution in [2.45, 2.75) is 56.5 Å². The number of nitrogens with two attached hydrogens (primary N) is 2. The lowest BCUT2D eigenvalue weighted by molar-refractivity contribution is -0.198. The summed E-state index contributed by atoms with van der Waals surface area (Å²) < 4.78 is 53.0. The summed E-state index contributed by atoms with van der Waals surface area (Å²) in [6.07, 6.45) is -2.76. The minimum atomic E-state index is -4.72. The Labute approximate surface area is 211 Å². The first-order valence-corrected chi connectivity index (χ1v) is 11.8. The molecule has 8 nitrogen and oxygen atoms in total. The molecule has 1 heterocycles. The third-order valence-electron chi connectivity index (χ3n) is 6.07. The van der Waals surface area contributed by atoms with Gasteiger partial charge in [-0.15, -0.1) is 0 Å². The molecule has 2 unspecified atom stereocenters. The SMILES string of the molecule is Nc1nc(OC(c2ccc(OC3CCCC3)cc2)C(F)(F)F)cc(-c2ccc(CC(N)C(=O)O)cc2)n1. The third kappa shape index (κ3) is 6.88. The molecule has 0 bridgehead atoms. The zero-order chi connectivity index (χ0) is 26.6. The fourth-order valence-electron chi connectivity index (χ4n) is 4.17. The zero-order valence-electron chi connectivity index (χ0n) is 19.8. The first kappa shape index (κ1) is 26.2. The summed E-state index contributed by atoms with van der Waals surface area (Å²) in [6.45, 7) is 0. The largest absolute Gasteiger partial charge is 0.490 e. The molecule has 196 valence electrons. The van der Waals surface area contributed by atoms with Crippen LogP contribution in [-0.2, 0) is 11.2 Å². The minimum absolute atomic E-state index is 0.0888. The van der Waals surface area contributed by atoms with Gasteiger partial charge in [-0.1, -0.05) is 36.4 Å². The van der Waals surface area contributed by atoms with E-state index >= 15 is 0 Å². The second-order valence-corrected chi connectivity index (χ2v) is 8.93. The van der Waals surface area contributed by atoms with E-state index < -0.39 is 24.3 Å². The van der Waals surface area contributed by atoms with Gasteiger partial charge in [-0.25, -0.2) is 4.98 Å². The van der Waals surface area contributed by atoms with Gasteiger partial charge in [0.2, 0.25) is 17.9 Å². The van der Waals surface area contributed by atoms with E-state index in [1.54, 1.807) is 24.3 Å². The minimum Gasteiger partial charge on any atom is -0.490 e. The van der Waals surface area contributed by atoms with E-state index in [0.717, 1.165) is 25.7 Å². The van der Waals surface area contributed by atoms with Crippen LogP contribution in [0.25, 0.3) is 11.3 Å². The second-order valence-electron chi connectivity index (χ2n) is 8.93. The van der Waals surface area contributed by atoms with Crippen LogP contribution in [0.1, 0.15) is 42.9 Å². The highest BCUT2D eigenvalue weighted by Crippen LogP contribution is 2.38. The third-order valence-corrected chi connectivity index (χ3v) is 6.07. The lowest BCUT2D eigenvalue weighted by Gasteiger charge is -2.22. The van der Waals surface area contributed by atoms with Crippen molar-refractivity contribution in [3.8, 4) is 22.9 Å². The van der Waals surface area contributed by atoms with Gasteiger partial charge in [0, 0.05) is 17.2 Å². The van der Waals surface area contributed by atoms with Crippen LogP contribution in [0, 0.1) is 0 Å². The van der Waals surface area contributed by atoms with Gasteiger partial charge in [-0.3, -0.25) is 4.79 Å². The van der Waals surface area contributed by atoms with Crippen LogP contribution in [0.15, 0.2) is 54.6 Å². The van der Waals surface area contributed by atoms with Gasteiger partial charge in [0.1, 0.15) is 11.8 Å². The summed E-state index contributed by atoms with van der Waals surface area (Å²) >= 11 is 0. The summed E-state index contributed by atoms with van der Waals surface area (Å²) in [6, 6.07) is 12.5. The van der Waals surface area contributed by atoms with E-state index in [0.29, 0.717) is 16.9 Å². The number of benzene rings is 2. The fraction of sp³-hybridized carbons (Fsp3) is 0.346. The highest BCUT2D eigenvalue weighted by molar-refractivity contribution is 5.73. The Morgan fingerprint density at radius 1 is 1.05 bits per heavy atom. The highest BCUT2D eigenvalue weighted by Gasteiger charge is 2.43. The maximum atomic E-state index is 14.0. The molecule has 3 aromatic rings. The topological polar surface area (TPSA) is 134 Å².